The highest BCUT2D eigenvalue weighted by molar-refractivity contribution is 5.85. The maximum atomic E-state index is 13.9. The predicted octanol–water partition coefficient (Wildman–Crippen LogP) is 4.16. The minimum atomic E-state index is -0.525. The molecule has 0 saturated heterocycles. The monoisotopic (exact) mass is 375 g/mol. The Kier molecular flexibility index (Phi) is 5.20. The summed E-state index contributed by atoms with van der Waals surface area (Å²) in [7, 11) is 0. The fourth-order valence-electron chi connectivity index (χ4n) is 3.13. The number of para-hydroxylation sites is 1. The van der Waals surface area contributed by atoms with E-state index in [1.807, 2.05) is 0 Å². The third-order valence-electron chi connectivity index (χ3n) is 4.53. The van der Waals surface area contributed by atoms with Gasteiger partial charge in [-0.1, -0.05) is 30.1 Å². The van der Waals surface area contributed by atoms with Crippen LogP contribution in [-0.4, -0.2) is 15.1 Å². The standard InChI is InChI=1S/C18H18FN5O.ClH/c19-13-7-1-2-8-14(13)22-15-12(6-5-11-21-15)16-23-17(24-25-16)18(20)9-3-4-10-18;/h1-2,5-8,11H,3-4,9-10,20H2,(H,21,22);1H. The Morgan fingerprint density at radius 1 is 1.12 bits per heavy atom. The van der Waals surface area contributed by atoms with Gasteiger partial charge in [0.05, 0.1) is 16.8 Å². The largest absolute Gasteiger partial charge is 0.337 e. The summed E-state index contributed by atoms with van der Waals surface area (Å²) in [5, 5.41) is 7.05. The zero-order valence-electron chi connectivity index (χ0n) is 14.0. The number of nitrogens with one attached hydrogen (secondary N) is 1. The maximum Gasteiger partial charge on any atom is 0.261 e. The van der Waals surface area contributed by atoms with Crippen molar-refractivity contribution in [2.24, 2.45) is 5.73 Å². The number of hydrogen-bond acceptors (Lipinski definition) is 6. The molecule has 3 aromatic rings. The lowest BCUT2D eigenvalue weighted by Gasteiger charge is -2.17. The zero-order chi connectivity index (χ0) is 17.3. The number of hydrogen-bond donors (Lipinski definition) is 2. The van der Waals surface area contributed by atoms with Crippen LogP contribution in [0.15, 0.2) is 47.1 Å². The Hall–Kier alpha value is -2.51. The molecule has 0 bridgehead atoms. The highest BCUT2D eigenvalue weighted by atomic mass is 35.5. The fraction of sp³-hybridized carbons (Fsp3) is 0.278. The van der Waals surface area contributed by atoms with Gasteiger partial charge in [0, 0.05) is 6.20 Å². The molecule has 0 spiro atoms. The summed E-state index contributed by atoms with van der Waals surface area (Å²) in [4.78, 5) is 8.76. The Morgan fingerprint density at radius 3 is 2.65 bits per heavy atom. The van der Waals surface area contributed by atoms with E-state index in [4.69, 9.17) is 10.3 Å². The summed E-state index contributed by atoms with van der Waals surface area (Å²) in [5.74, 6) is 0.914. The van der Waals surface area contributed by atoms with E-state index in [0.717, 1.165) is 25.7 Å². The van der Waals surface area contributed by atoms with Gasteiger partial charge in [-0.15, -0.1) is 12.4 Å². The van der Waals surface area contributed by atoms with Crippen LogP contribution in [0.4, 0.5) is 15.9 Å². The molecule has 2 heterocycles. The lowest BCUT2D eigenvalue weighted by atomic mass is 9.99. The number of halogens is 2. The zero-order valence-corrected chi connectivity index (χ0v) is 14.8. The molecule has 4 rings (SSSR count). The maximum absolute atomic E-state index is 13.9. The summed E-state index contributed by atoms with van der Waals surface area (Å²) < 4.78 is 19.3. The average molecular weight is 376 g/mol. The molecule has 1 saturated carbocycles. The van der Waals surface area contributed by atoms with Gasteiger partial charge in [0.15, 0.2) is 5.82 Å². The van der Waals surface area contributed by atoms with Crippen molar-refractivity contribution in [3.63, 3.8) is 0 Å². The molecule has 0 radical (unpaired) electrons. The van der Waals surface area contributed by atoms with Crippen molar-refractivity contribution < 1.29 is 8.91 Å². The topological polar surface area (TPSA) is 89.9 Å². The number of nitrogens with zero attached hydrogens (tertiary/aromatic N) is 3. The van der Waals surface area contributed by atoms with Crippen LogP contribution in [0.5, 0.6) is 0 Å². The van der Waals surface area contributed by atoms with Crippen molar-refractivity contribution in [2.75, 3.05) is 5.32 Å². The van der Waals surface area contributed by atoms with Crippen LogP contribution >= 0.6 is 12.4 Å². The average Bonchev–Trinajstić information content (AvgIpc) is 3.28. The first-order chi connectivity index (χ1) is 12.2. The molecule has 2 aromatic heterocycles. The molecule has 8 heteroatoms. The smallest absolute Gasteiger partial charge is 0.261 e. The third kappa shape index (κ3) is 3.40. The molecule has 0 atom stereocenters. The van der Waals surface area contributed by atoms with Crippen LogP contribution in [0, 0.1) is 5.82 Å². The first kappa shape index (κ1) is 18.3. The van der Waals surface area contributed by atoms with Gasteiger partial charge in [0.25, 0.3) is 5.89 Å². The Bertz CT molecular complexity index is 895. The second kappa shape index (κ2) is 7.39. The van der Waals surface area contributed by atoms with Gasteiger partial charge >= 0.3 is 0 Å². The van der Waals surface area contributed by atoms with E-state index in [1.54, 1.807) is 36.5 Å². The highest BCUT2D eigenvalue weighted by Crippen LogP contribution is 2.36. The van der Waals surface area contributed by atoms with Crippen LogP contribution in [0.25, 0.3) is 11.5 Å². The van der Waals surface area contributed by atoms with Gasteiger partial charge in [-0.25, -0.2) is 9.37 Å². The van der Waals surface area contributed by atoms with Crippen LogP contribution < -0.4 is 11.1 Å². The second-order valence-corrected chi connectivity index (χ2v) is 6.29. The van der Waals surface area contributed by atoms with Gasteiger partial charge in [0.1, 0.15) is 11.6 Å². The Balaban J connectivity index is 0.00000196. The number of nitrogens with two attached hydrogens (primary N) is 1. The van der Waals surface area contributed by atoms with Gasteiger partial charge in [0.2, 0.25) is 0 Å². The van der Waals surface area contributed by atoms with Gasteiger partial charge in [-0.3, -0.25) is 0 Å². The van der Waals surface area contributed by atoms with Crippen LogP contribution in [0.2, 0.25) is 0 Å². The number of benzene rings is 1. The summed E-state index contributed by atoms with van der Waals surface area (Å²) in [5.41, 5.74) is 6.79. The first-order valence-corrected chi connectivity index (χ1v) is 8.26. The van der Waals surface area contributed by atoms with E-state index in [-0.39, 0.29) is 18.2 Å². The normalized spacial score (nSPS) is 15.5. The van der Waals surface area contributed by atoms with Crippen LogP contribution in [-0.2, 0) is 5.54 Å². The molecular weight excluding hydrogens is 357 g/mol. The van der Waals surface area contributed by atoms with Crippen molar-refractivity contribution in [1.82, 2.24) is 15.1 Å². The Labute approximate surface area is 156 Å². The molecule has 1 aliphatic rings. The summed E-state index contributed by atoms with van der Waals surface area (Å²) >= 11 is 0. The van der Waals surface area contributed by atoms with E-state index < -0.39 is 5.54 Å². The molecule has 1 aromatic carbocycles. The lowest BCUT2D eigenvalue weighted by molar-refractivity contribution is 0.372. The SMILES string of the molecule is Cl.NC1(c2noc(-c3cccnc3Nc3ccccc3F)n2)CCCC1. The molecule has 0 unspecified atom stereocenters. The highest BCUT2D eigenvalue weighted by Gasteiger charge is 2.36. The minimum Gasteiger partial charge on any atom is -0.337 e. The molecule has 0 aliphatic heterocycles. The van der Waals surface area contributed by atoms with Crippen molar-refractivity contribution in [1.29, 1.82) is 0 Å². The minimum absolute atomic E-state index is 0. The third-order valence-corrected chi connectivity index (χ3v) is 4.53. The van der Waals surface area contributed by atoms with E-state index >= 15 is 0 Å². The van der Waals surface area contributed by atoms with E-state index in [9.17, 15) is 4.39 Å². The van der Waals surface area contributed by atoms with Crippen molar-refractivity contribution in [3.05, 3.63) is 54.2 Å². The first-order valence-electron chi connectivity index (χ1n) is 8.26. The van der Waals surface area contributed by atoms with E-state index in [0.29, 0.717) is 28.8 Å². The number of anilines is 2. The number of rotatable bonds is 4. The van der Waals surface area contributed by atoms with Crippen molar-refractivity contribution in [3.8, 4) is 11.5 Å². The molecule has 6 nitrogen and oxygen atoms in total. The molecule has 1 aliphatic carbocycles. The van der Waals surface area contributed by atoms with Crippen LogP contribution in [0.3, 0.4) is 0 Å². The van der Waals surface area contributed by atoms with Gasteiger partial charge < -0.3 is 15.6 Å². The van der Waals surface area contributed by atoms with Crippen molar-refractivity contribution >= 4 is 23.9 Å². The number of aromatic nitrogens is 3. The number of pyridine rings is 1. The molecule has 1 fully saturated rings. The summed E-state index contributed by atoms with van der Waals surface area (Å²) in [6.07, 6.45) is 5.44. The summed E-state index contributed by atoms with van der Waals surface area (Å²) in [6, 6.07) is 9.96. The Morgan fingerprint density at radius 2 is 1.88 bits per heavy atom. The second-order valence-electron chi connectivity index (χ2n) is 6.29. The molecule has 0 amide bonds. The molecule has 136 valence electrons. The lowest BCUT2D eigenvalue weighted by Crippen LogP contribution is -2.34. The molecular formula is C18H19ClFN5O. The van der Waals surface area contributed by atoms with E-state index in [2.05, 4.69) is 20.4 Å². The van der Waals surface area contributed by atoms with Gasteiger partial charge in [-0.2, -0.15) is 4.98 Å². The molecule has 3 N–H and O–H groups in total. The van der Waals surface area contributed by atoms with Crippen LogP contribution in [0.1, 0.15) is 31.5 Å². The predicted molar refractivity (Wildman–Crippen MR) is 98.8 cm³/mol. The molecule has 26 heavy (non-hydrogen) atoms. The van der Waals surface area contributed by atoms with Gasteiger partial charge in [-0.05, 0) is 37.1 Å². The summed E-state index contributed by atoms with van der Waals surface area (Å²) in [6.45, 7) is 0. The van der Waals surface area contributed by atoms with E-state index in [1.165, 1.54) is 6.07 Å². The quantitative estimate of drug-likeness (QED) is 0.711. The van der Waals surface area contributed by atoms with Crippen molar-refractivity contribution in [2.45, 2.75) is 31.2 Å². The fourth-order valence-corrected chi connectivity index (χ4v) is 3.13.